The van der Waals surface area contributed by atoms with Gasteiger partial charge in [-0.25, -0.2) is 0 Å². The zero-order valence-electron chi connectivity index (χ0n) is 10.4. The molecule has 0 radical (unpaired) electrons. The molecule has 1 aliphatic carbocycles. The van der Waals surface area contributed by atoms with Crippen molar-refractivity contribution in [2.75, 3.05) is 13.2 Å². The number of nitrogens with one attached hydrogen (secondary N) is 1. The van der Waals surface area contributed by atoms with E-state index in [0.717, 1.165) is 13.0 Å². The van der Waals surface area contributed by atoms with Gasteiger partial charge in [-0.2, -0.15) is 13.2 Å². The van der Waals surface area contributed by atoms with Crippen molar-refractivity contribution in [2.45, 2.75) is 44.3 Å². The van der Waals surface area contributed by atoms with Crippen molar-refractivity contribution in [1.29, 1.82) is 0 Å². The Kier molecular flexibility index (Phi) is 4.50. The molecular weight excluding hydrogens is 245 g/mol. The summed E-state index contributed by atoms with van der Waals surface area (Å²) in [5.41, 5.74) is 2.81. The van der Waals surface area contributed by atoms with Crippen molar-refractivity contribution in [3.05, 3.63) is 0 Å². The van der Waals surface area contributed by atoms with Crippen LogP contribution in [0.1, 0.15) is 32.1 Å². The molecule has 1 saturated carbocycles. The van der Waals surface area contributed by atoms with Crippen molar-refractivity contribution in [1.82, 2.24) is 5.43 Å². The SMILES string of the molecule is NNC(C1CCC(C(F)(F)F)CC1)C1CCOC1. The maximum atomic E-state index is 12.6. The number of rotatable bonds is 3. The van der Waals surface area contributed by atoms with Gasteiger partial charge in [0.15, 0.2) is 0 Å². The third-order valence-electron chi connectivity index (χ3n) is 4.41. The number of hydrogen-bond donors (Lipinski definition) is 2. The van der Waals surface area contributed by atoms with E-state index in [-0.39, 0.29) is 24.8 Å². The van der Waals surface area contributed by atoms with Gasteiger partial charge in [-0.3, -0.25) is 11.3 Å². The third-order valence-corrected chi connectivity index (χ3v) is 4.41. The van der Waals surface area contributed by atoms with Crippen LogP contribution in [0.2, 0.25) is 0 Å². The van der Waals surface area contributed by atoms with Gasteiger partial charge in [0.05, 0.1) is 12.5 Å². The zero-order valence-corrected chi connectivity index (χ0v) is 10.4. The van der Waals surface area contributed by atoms with Crippen LogP contribution in [0.25, 0.3) is 0 Å². The molecular formula is C12H21F3N2O. The normalized spacial score (nSPS) is 35.7. The molecule has 0 bridgehead atoms. The second kappa shape index (κ2) is 5.75. The van der Waals surface area contributed by atoms with Gasteiger partial charge in [-0.15, -0.1) is 0 Å². The zero-order chi connectivity index (χ0) is 13.2. The molecule has 6 heteroatoms. The summed E-state index contributed by atoms with van der Waals surface area (Å²) in [6, 6.07) is 0.0988. The highest BCUT2D eigenvalue weighted by Crippen LogP contribution is 2.41. The van der Waals surface area contributed by atoms with E-state index < -0.39 is 12.1 Å². The van der Waals surface area contributed by atoms with E-state index in [9.17, 15) is 13.2 Å². The van der Waals surface area contributed by atoms with Crippen LogP contribution in [0.5, 0.6) is 0 Å². The number of alkyl halides is 3. The summed E-state index contributed by atoms with van der Waals surface area (Å²) in [6.07, 6.45) is -1.40. The lowest BCUT2D eigenvalue weighted by Gasteiger charge is -2.36. The lowest BCUT2D eigenvalue weighted by Crippen LogP contribution is -2.48. The highest BCUT2D eigenvalue weighted by Gasteiger charge is 2.43. The predicted octanol–water partition coefficient (Wildman–Crippen LogP) is 2.22. The second-order valence-electron chi connectivity index (χ2n) is 5.47. The molecule has 2 fully saturated rings. The molecule has 1 saturated heterocycles. The molecule has 3 N–H and O–H groups in total. The van der Waals surface area contributed by atoms with Crippen molar-refractivity contribution < 1.29 is 17.9 Å². The molecule has 2 aliphatic rings. The molecule has 18 heavy (non-hydrogen) atoms. The van der Waals surface area contributed by atoms with Crippen LogP contribution in [0.15, 0.2) is 0 Å². The monoisotopic (exact) mass is 266 g/mol. The van der Waals surface area contributed by atoms with Crippen molar-refractivity contribution in [3.63, 3.8) is 0 Å². The Hall–Kier alpha value is -0.330. The van der Waals surface area contributed by atoms with Gasteiger partial charge in [0.1, 0.15) is 0 Å². The van der Waals surface area contributed by atoms with E-state index in [2.05, 4.69) is 5.43 Å². The maximum absolute atomic E-state index is 12.6. The second-order valence-corrected chi connectivity index (χ2v) is 5.47. The number of hydrogen-bond acceptors (Lipinski definition) is 3. The smallest absolute Gasteiger partial charge is 0.381 e. The molecule has 0 aromatic rings. The largest absolute Gasteiger partial charge is 0.391 e. The van der Waals surface area contributed by atoms with Crippen molar-refractivity contribution in [2.24, 2.45) is 23.6 Å². The van der Waals surface area contributed by atoms with E-state index in [1.54, 1.807) is 0 Å². The summed E-state index contributed by atoms with van der Waals surface area (Å²) < 4.78 is 43.1. The van der Waals surface area contributed by atoms with E-state index in [4.69, 9.17) is 10.6 Å². The quantitative estimate of drug-likeness (QED) is 0.608. The van der Waals surface area contributed by atoms with Crippen molar-refractivity contribution in [3.8, 4) is 0 Å². The minimum atomic E-state index is -4.03. The number of nitrogens with two attached hydrogens (primary N) is 1. The molecule has 2 rings (SSSR count). The van der Waals surface area contributed by atoms with Crippen LogP contribution >= 0.6 is 0 Å². The van der Waals surface area contributed by atoms with E-state index in [0.29, 0.717) is 25.4 Å². The first-order chi connectivity index (χ1) is 8.52. The Morgan fingerprint density at radius 2 is 1.72 bits per heavy atom. The summed E-state index contributed by atoms with van der Waals surface area (Å²) in [7, 11) is 0. The fraction of sp³-hybridized carbons (Fsp3) is 1.00. The molecule has 0 spiro atoms. The molecule has 106 valence electrons. The van der Waals surface area contributed by atoms with Gasteiger partial charge in [0.2, 0.25) is 0 Å². The molecule has 1 aliphatic heterocycles. The Morgan fingerprint density at radius 1 is 1.06 bits per heavy atom. The molecule has 0 amide bonds. The average Bonchev–Trinajstić information content (AvgIpc) is 2.83. The fourth-order valence-corrected chi connectivity index (χ4v) is 3.30. The number of hydrazine groups is 1. The van der Waals surface area contributed by atoms with E-state index in [1.165, 1.54) is 0 Å². The first-order valence-corrected chi connectivity index (χ1v) is 6.63. The highest BCUT2D eigenvalue weighted by molar-refractivity contribution is 4.88. The standard InChI is InChI=1S/C12H21F3N2O/c13-12(14,15)10-3-1-8(2-4-10)11(17-16)9-5-6-18-7-9/h8-11,17H,1-7,16H2. The predicted molar refractivity (Wildman–Crippen MR) is 61.5 cm³/mol. The Balaban J connectivity index is 1.87. The van der Waals surface area contributed by atoms with Crippen molar-refractivity contribution >= 4 is 0 Å². The highest BCUT2D eigenvalue weighted by atomic mass is 19.4. The third kappa shape index (κ3) is 3.16. The van der Waals surface area contributed by atoms with E-state index in [1.807, 2.05) is 0 Å². The molecule has 0 aromatic carbocycles. The molecule has 2 unspecified atom stereocenters. The van der Waals surface area contributed by atoms with Crippen LogP contribution in [0, 0.1) is 17.8 Å². The van der Waals surface area contributed by atoms with Gasteiger partial charge in [0, 0.05) is 18.6 Å². The van der Waals surface area contributed by atoms with Gasteiger partial charge in [-0.05, 0) is 38.0 Å². The molecule has 2 atom stereocenters. The van der Waals surface area contributed by atoms with Crippen LogP contribution in [-0.2, 0) is 4.74 Å². The first-order valence-electron chi connectivity index (χ1n) is 6.63. The van der Waals surface area contributed by atoms with Gasteiger partial charge < -0.3 is 4.74 Å². The maximum Gasteiger partial charge on any atom is 0.391 e. The fourth-order valence-electron chi connectivity index (χ4n) is 3.30. The summed E-state index contributed by atoms with van der Waals surface area (Å²) in [5, 5.41) is 0. The summed E-state index contributed by atoms with van der Waals surface area (Å²) in [4.78, 5) is 0. The number of ether oxygens (including phenoxy) is 1. The summed E-state index contributed by atoms with van der Waals surface area (Å²) >= 11 is 0. The Bertz CT molecular complexity index is 259. The molecule has 3 nitrogen and oxygen atoms in total. The average molecular weight is 266 g/mol. The van der Waals surface area contributed by atoms with Gasteiger partial charge >= 0.3 is 6.18 Å². The number of halogens is 3. The molecule has 1 heterocycles. The first kappa shape index (κ1) is 14.1. The topological polar surface area (TPSA) is 47.3 Å². The van der Waals surface area contributed by atoms with Crippen LogP contribution in [0.3, 0.4) is 0 Å². The minimum Gasteiger partial charge on any atom is -0.381 e. The Labute approximate surface area is 105 Å². The molecule has 0 aromatic heterocycles. The lowest BCUT2D eigenvalue weighted by molar-refractivity contribution is -0.184. The van der Waals surface area contributed by atoms with Crippen LogP contribution in [-0.4, -0.2) is 25.4 Å². The van der Waals surface area contributed by atoms with Crippen LogP contribution < -0.4 is 11.3 Å². The van der Waals surface area contributed by atoms with Gasteiger partial charge in [-0.1, -0.05) is 0 Å². The minimum absolute atomic E-state index is 0.0988. The summed E-state index contributed by atoms with van der Waals surface area (Å²) in [5.74, 6) is 5.06. The summed E-state index contributed by atoms with van der Waals surface area (Å²) in [6.45, 7) is 1.41. The van der Waals surface area contributed by atoms with E-state index >= 15 is 0 Å². The van der Waals surface area contributed by atoms with Crippen LogP contribution in [0.4, 0.5) is 13.2 Å². The Morgan fingerprint density at radius 3 is 2.17 bits per heavy atom. The van der Waals surface area contributed by atoms with Gasteiger partial charge in [0.25, 0.3) is 0 Å². The lowest BCUT2D eigenvalue weighted by atomic mass is 9.75.